The maximum Gasteiger partial charge on any atom is 0.0565 e. The topological polar surface area (TPSA) is 60.7 Å². The molecule has 0 saturated carbocycles. The van der Waals surface area contributed by atoms with E-state index in [4.69, 9.17) is 0 Å². The van der Waals surface area contributed by atoms with Crippen LogP contribution in [-0.4, -0.2) is 33.6 Å². The van der Waals surface area contributed by atoms with Gasteiger partial charge in [0.15, 0.2) is 0 Å². The van der Waals surface area contributed by atoms with Crippen LogP contribution >= 0.6 is 0 Å². The van der Waals surface area contributed by atoms with Crippen LogP contribution in [-0.2, 0) is 0 Å². The summed E-state index contributed by atoms with van der Waals surface area (Å²) in [6.07, 6.45) is 27.0. The van der Waals surface area contributed by atoms with Crippen LogP contribution in [0.4, 0.5) is 0 Å². The lowest BCUT2D eigenvalue weighted by atomic mass is 9.98. The number of hydrogen-bond donors (Lipinski definition) is 3. The normalized spacial score (nSPS) is 14.5. The van der Waals surface area contributed by atoms with E-state index in [0.717, 1.165) is 25.7 Å². The predicted octanol–water partition coefficient (Wildman–Crippen LogP) is 8.47. The number of aliphatic hydroxyl groups excluding tert-OH is 3. The van der Waals surface area contributed by atoms with Crippen LogP contribution in [0.1, 0.15) is 168 Å². The van der Waals surface area contributed by atoms with E-state index >= 15 is 0 Å². The van der Waals surface area contributed by atoms with E-state index in [0.29, 0.717) is 19.3 Å². The van der Waals surface area contributed by atoms with E-state index in [1.807, 2.05) is 0 Å². The molecule has 3 N–H and O–H groups in total. The molecule has 0 aromatic heterocycles. The summed E-state index contributed by atoms with van der Waals surface area (Å²) in [7, 11) is 0. The fourth-order valence-electron chi connectivity index (χ4n) is 4.64. The third kappa shape index (κ3) is 24.5. The lowest BCUT2D eigenvalue weighted by Gasteiger charge is -2.17. The monoisotopic (exact) mass is 456 g/mol. The maximum absolute atomic E-state index is 10.2. The Morgan fingerprint density at radius 2 is 0.625 bits per heavy atom. The minimum absolute atomic E-state index is 0.298. The Kier molecular flexibility index (Phi) is 25.4. The molecular weight excluding hydrogens is 396 g/mol. The number of rotatable bonds is 26. The first-order chi connectivity index (χ1) is 15.6. The predicted molar refractivity (Wildman–Crippen MR) is 140 cm³/mol. The molecule has 0 heterocycles. The Labute approximate surface area is 201 Å². The van der Waals surface area contributed by atoms with E-state index in [2.05, 4.69) is 13.8 Å². The Hall–Kier alpha value is -0.120. The molecule has 0 aliphatic carbocycles. The van der Waals surface area contributed by atoms with Crippen molar-refractivity contribution in [2.45, 2.75) is 186 Å². The first-order valence-corrected chi connectivity index (χ1v) is 14.6. The molecule has 194 valence electrons. The number of hydrogen-bond acceptors (Lipinski definition) is 3. The van der Waals surface area contributed by atoms with E-state index in [-0.39, 0.29) is 6.10 Å². The second-order valence-corrected chi connectivity index (χ2v) is 10.4. The fraction of sp³-hybridized carbons (Fsp3) is 1.00. The second-order valence-electron chi connectivity index (χ2n) is 10.4. The van der Waals surface area contributed by atoms with Gasteiger partial charge in [-0.15, -0.1) is 0 Å². The molecule has 0 aromatic carbocycles. The van der Waals surface area contributed by atoms with E-state index < -0.39 is 12.2 Å². The van der Waals surface area contributed by atoms with Gasteiger partial charge in [0.2, 0.25) is 0 Å². The van der Waals surface area contributed by atoms with Crippen molar-refractivity contribution < 1.29 is 15.3 Å². The SMILES string of the molecule is CCCCCCCCCCCCCC[C@H](O)CC[C@@H](O)C[C@H](O)CCCCCCCCC. The zero-order valence-corrected chi connectivity index (χ0v) is 22.0. The first kappa shape index (κ1) is 31.9. The smallest absolute Gasteiger partial charge is 0.0565 e. The molecule has 0 bridgehead atoms. The lowest BCUT2D eigenvalue weighted by molar-refractivity contribution is 0.0553. The van der Waals surface area contributed by atoms with Crippen LogP contribution in [0.5, 0.6) is 0 Å². The molecule has 0 aliphatic rings. The molecule has 0 aromatic rings. The quantitative estimate of drug-likeness (QED) is 0.114. The average Bonchev–Trinajstić information content (AvgIpc) is 2.77. The largest absolute Gasteiger partial charge is 0.393 e. The summed E-state index contributed by atoms with van der Waals surface area (Å²) in [5.41, 5.74) is 0. The van der Waals surface area contributed by atoms with Crippen molar-refractivity contribution in [3.63, 3.8) is 0 Å². The summed E-state index contributed by atoms with van der Waals surface area (Å²) in [5.74, 6) is 0. The van der Waals surface area contributed by atoms with Gasteiger partial charge in [0.25, 0.3) is 0 Å². The van der Waals surface area contributed by atoms with Gasteiger partial charge in [-0.2, -0.15) is 0 Å². The van der Waals surface area contributed by atoms with E-state index in [1.165, 1.54) is 109 Å². The van der Waals surface area contributed by atoms with E-state index in [9.17, 15) is 15.3 Å². The van der Waals surface area contributed by atoms with Crippen molar-refractivity contribution in [2.75, 3.05) is 0 Å². The molecule has 0 spiro atoms. The van der Waals surface area contributed by atoms with Crippen molar-refractivity contribution in [2.24, 2.45) is 0 Å². The Morgan fingerprint density at radius 3 is 1.03 bits per heavy atom. The molecular formula is C29H60O3. The summed E-state index contributed by atoms with van der Waals surface area (Å²) >= 11 is 0. The van der Waals surface area contributed by atoms with Gasteiger partial charge in [0.05, 0.1) is 18.3 Å². The van der Waals surface area contributed by atoms with Crippen LogP contribution in [0.2, 0.25) is 0 Å². The first-order valence-electron chi connectivity index (χ1n) is 14.6. The van der Waals surface area contributed by atoms with Crippen molar-refractivity contribution in [1.82, 2.24) is 0 Å². The Balaban J connectivity index is 3.41. The molecule has 3 heteroatoms. The van der Waals surface area contributed by atoms with Gasteiger partial charge in [0.1, 0.15) is 0 Å². The highest BCUT2D eigenvalue weighted by molar-refractivity contribution is 4.67. The highest BCUT2D eigenvalue weighted by atomic mass is 16.3. The van der Waals surface area contributed by atoms with Gasteiger partial charge >= 0.3 is 0 Å². The zero-order valence-electron chi connectivity index (χ0n) is 22.0. The van der Waals surface area contributed by atoms with E-state index in [1.54, 1.807) is 0 Å². The third-order valence-corrected chi connectivity index (χ3v) is 6.91. The molecule has 32 heavy (non-hydrogen) atoms. The molecule has 0 rings (SSSR count). The van der Waals surface area contributed by atoms with Gasteiger partial charge in [-0.3, -0.25) is 0 Å². The Morgan fingerprint density at radius 1 is 0.344 bits per heavy atom. The maximum atomic E-state index is 10.2. The summed E-state index contributed by atoms with van der Waals surface area (Å²) in [4.78, 5) is 0. The third-order valence-electron chi connectivity index (χ3n) is 6.91. The highest BCUT2D eigenvalue weighted by Gasteiger charge is 2.14. The number of aliphatic hydroxyl groups is 3. The average molecular weight is 457 g/mol. The van der Waals surface area contributed by atoms with Crippen molar-refractivity contribution >= 4 is 0 Å². The lowest BCUT2D eigenvalue weighted by Crippen LogP contribution is -2.19. The van der Waals surface area contributed by atoms with Gasteiger partial charge in [-0.25, -0.2) is 0 Å². The summed E-state index contributed by atoms with van der Waals surface area (Å²) in [6.45, 7) is 4.51. The van der Waals surface area contributed by atoms with Crippen LogP contribution < -0.4 is 0 Å². The second kappa shape index (κ2) is 25.5. The summed E-state index contributed by atoms with van der Waals surface area (Å²) in [5, 5.41) is 30.5. The zero-order chi connectivity index (χ0) is 23.7. The minimum Gasteiger partial charge on any atom is -0.393 e. The van der Waals surface area contributed by atoms with Crippen molar-refractivity contribution in [3.8, 4) is 0 Å². The van der Waals surface area contributed by atoms with Crippen LogP contribution in [0.25, 0.3) is 0 Å². The van der Waals surface area contributed by atoms with Crippen LogP contribution in [0, 0.1) is 0 Å². The summed E-state index contributed by atoms with van der Waals surface area (Å²) < 4.78 is 0. The van der Waals surface area contributed by atoms with Gasteiger partial charge in [0, 0.05) is 0 Å². The highest BCUT2D eigenvalue weighted by Crippen LogP contribution is 2.17. The molecule has 0 radical (unpaired) electrons. The summed E-state index contributed by atoms with van der Waals surface area (Å²) in [6, 6.07) is 0. The Bertz CT molecular complexity index is 347. The molecule has 0 saturated heterocycles. The minimum atomic E-state index is -0.480. The standard InChI is InChI=1S/C29H60O3/c1-3-5-7-9-11-12-13-14-15-17-18-20-22-27(30)24-25-29(32)26-28(31)23-21-19-16-10-8-6-4-2/h27-32H,3-26H2,1-2H3/t27-,28+,29+/m0/s1. The fourth-order valence-corrected chi connectivity index (χ4v) is 4.64. The van der Waals surface area contributed by atoms with Crippen molar-refractivity contribution in [3.05, 3.63) is 0 Å². The molecule has 0 unspecified atom stereocenters. The van der Waals surface area contributed by atoms with Crippen molar-refractivity contribution in [1.29, 1.82) is 0 Å². The molecule has 0 fully saturated rings. The van der Waals surface area contributed by atoms with Gasteiger partial charge in [-0.05, 0) is 32.1 Å². The molecule has 3 atom stereocenters. The van der Waals surface area contributed by atoms with Gasteiger partial charge < -0.3 is 15.3 Å². The molecule has 0 amide bonds. The van der Waals surface area contributed by atoms with Gasteiger partial charge in [-0.1, -0.05) is 136 Å². The molecule has 3 nitrogen and oxygen atoms in total. The van der Waals surface area contributed by atoms with Crippen LogP contribution in [0.3, 0.4) is 0 Å². The molecule has 0 aliphatic heterocycles. The number of unbranched alkanes of at least 4 members (excludes halogenated alkanes) is 17. The van der Waals surface area contributed by atoms with Crippen LogP contribution in [0.15, 0.2) is 0 Å².